The van der Waals surface area contributed by atoms with Crippen LogP contribution >= 0.6 is 0 Å². The summed E-state index contributed by atoms with van der Waals surface area (Å²) >= 11 is 0. The minimum absolute atomic E-state index is 0.0682. The lowest BCUT2D eigenvalue weighted by Crippen LogP contribution is -1.89. The molecule has 3 nitrogen and oxygen atoms in total. The molecule has 0 aliphatic carbocycles. The van der Waals surface area contributed by atoms with E-state index in [4.69, 9.17) is 0 Å². The Hall–Kier alpha value is -1.64. The van der Waals surface area contributed by atoms with Gasteiger partial charge in [-0.25, -0.2) is 4.98 Å². The number of pyridine rings is 1. The van der Waals surface area contributed by atoms with Crippen LogP contribution in [-0.4, -0.2) is 15.8 Å². The Morgan fingerprint density at radius 2 is 2.31 bits per heavy atom. The lowest BCUT2D eigenvalue weighted by Gasteiger charge is -1.93. The number of aromatic amines is 1. The molecular formula is C10H10N2O. The molecule has 0 unspecified atom stereocenters. The van der Waals surface area contributed by atoms with Crippen molar-refractivity contribution in [2.24, 2.45) is 0 Å². The molecule has 3 heteroatoms. The van der Waals surface area contributed by atoms with E-state index in [1.807, 2.05) is 13.0 Å². The summed E-state index contributed by atoms with van der Waals surface area (Å²) in [7, 11) is 0. The number of nitrogens with one attached hydrogen (secondary N) is 1. The second-order valence-electron chi connectivity index (χ2n) is 3.17. The smallest absolute Gasteiger partial charge is 0.162 e. The van der Waals surface area contributed by atoms with Crippen LogP contribution in [0.15, 0.2) is 18.5 Å². The monoisotopic (exact) mass is 174 g/mol. The molecule has 0 amide bonds. The number of aromatic nitrogens is 2. The van der Waals surface area contributed by atoms with Gasteiger partial charge in [-0.2, -0.15) is 0 Å². The number of hydrogen-bond acceptors (Lipinski definition) is 2. The third-order valence-corrected chi connectivity index (χ3v) is 2.05. The summed E-state index contributed by atoms with van der Waals surface area (Å²) in [6.07, 6.45) is 3.49. The number of H-pyrrole nitrogens is 1. The maximum Gasteiger partial charge on any atom is 0.162 e. The maximum atomic E-state index is 11.2. The molecule has 0 saturated carbocycles. The first-order valence-corrected chi connectivity index (χ1v) is 4.13. The van der Waals surface area contributed by atoms with E-state index in [0.29, 0.717) is 5.56 Å². The highest BCUT2D eigenvalue weighted by atomic mass is 16.1. The highest BCUT2D eigenvalue weighted by Crippen LogP contribution is 2.17. The van der Waals surface area contributed by atoms with Crippen molar-refractivity contribution in [3.8, 4) is 0 Å². The predicted molar refractivity (Wildman–Crippen MR) is 50.8 cm³/mol. The fourth-order valence-electron chi connectivity index (χ4n) is 1.40. The molecule has 2 aromatic rings. The van der Waals surface area contributed by atoms with Crippen LogP contribution in [0, 0.1) is 6.92 Å². The molecule has 0 fully saturated rings. The predicted octanol–water partition coefficient (Wildman–Crippen LogP) is 2.07. The van der Waals surface area contributed by atoms with Crippen molar-refractivity contribution >= 4 is 16.8 Å². The van der Waals surface area contributed by atoms with Gasteiger partial charge in [-0.1, -0.05) is 0 Å². The summed E-state index contributed by atoms with van der Waals surface area (Å²) in [5, 5.41) is 0.910. The zero-order valence-corrected chi connectivity index (χ0v) is 7.59. The van der Waals surface area contributed by atoms with Crippen molar-refractivity contribution in [1.82, 2.24) is 9.97 Å². The molecule has 0 bridgehead atoms. The minimum atomic E-state index is 0.0682. The van der Waals surface area contributed by atoms with E-state index in [1.54, 1.807) is 19.3 Å². The Bertz CT molecular complexity index is 471. The van der Waals surface area contributed by atoms with E-state index in [9.17, 15) is 4.79 Å². The van der Waals surface area contributed by atoms with Crippen molar-refractivity contribution in [2.45, 2.75) is 13.8 Å². The summed E-state index contributed by atoms with van der Waals surface area (Å²) in [6.45, 7) is 3.52. The Morgan fingerprint density at radius 3 is 3.00 bits per heavy atom. The fraction of sp³-hybridized carbons (Fsp3) is 0.200. The van der Waals surface area contributed by atoms with Gasteiger partial charge in [0, 0.05) is 23.3 Å². The normalized spacial score (nSPS) is 10.6. The molecule has 0 aromatic carbocycles. The molecule has 2 rings (SSSR count). The number of hydrogen-bond donors (Lipinski definition) is 1. The van der Waals surface area contributed by atoms with Gasteiger partial charge >= 0.3 is 0 Å². The third-order valence-electron chi connectivity index (χ3n) is 2.05. The Labute approximate surface area is 75.8 Å². The van der Waals surface area contributed by atoms with Gasteiger partial charge in [-0.05, 0) is 25.5 Å². The third kappa shape index (κ3) is 1.22. The highest BCUT2D eigenvalue weighted by Gasteiger charge is 2.07. The Balaban J connectivity index is 2.79. The van der Waals surface area contributed by atoms with Crippen LogP contribution in [0.5, 0.6) is 0 Å². The SMILES string of the molecule is CC(=O)c1c[nH]c2ncc(C)cc12. The van der Waals surface area contributed by atoms with Crippen LogP contribution in [0.1, 0.15) is 22.8 Å². The summed E-state index contributed by atoms with van der Waals surface area (Å²) in [5.74, 6) is 0.0682. The van der Waals surface area contributed by atoms with Gasteiger partial charge in [-0.15, -0.1) is 0 Å². The number of ketones is 1. The lowest BCUT2D eigenvalue weighted by atomic mass is 10.1. The molecule has 0 saturated heterocycles. The van der Waals surface area contributed by atoms with Crippen molar-refractivity contribution < 1.29 is 4.79 Å². The summed E-state index contributed by atoms with van der Waals surface area (Å²) in [6, 6.07) is 1.97. The van der Waals surface area contributed by atoms with Crippen LogP contribution < -0.4 is 0 Å². The van der Waals surface area contributed by atoms with E-state index >= 15 is 0 Å². The average molecular weight is 174 g/mol. The van der Waals surface area contributed by atoms with Crippen LogP contribution in [-0.2, 0) is 0 Å². The molecule has 0 radical (unpaired) electrons. The molecular weight excluding hydrogens is 164 g/mol. The first-order chi connectivity index (χ1) is 6.18. The zero-order chi connectivity index (χ0) is 9.42. The molecule has 1 N–H and O–H groups in total. The lowest BCUT2D eigenvalue weighted by molar-refractivity contribution is 0.101. The minimum Gasteiger partial charge on any atom is -0.345 e. The van der Waals surface area contributed by atoms with Crippen molar-refractivity contribution in [3.05, 3.63) is 29.6 Å². The molecule has 2 heterocycles. The first kappa shape index (κ1) is 7.98. The van der Waals surface area contributed by atoms with E-state index in [2.05, 4.69) is 9.97 Å². The van der Waals surface area contributed by atoms with Gasteiger partial charge in [0.05, 0.1) is 0 Å². The molecule has 0 aliphatic rings. The number of Topliss-reactive ketones (excluding diaryl/α,β-unsaturated/α-hetero) is 1. The Morgan fingerprint density at radius 1 is 1.54 bits per heavy atom. The van der Waals surface area contributed by atoms with E-state index in [1.165, 1.54) is 0 Å². The van der Waals surface area contributed by atoms with Crippen LogP contribution in [0.2, 0.25) is 0 Å². The topological polar surface area (TPSA) is 45.8 Å². The highest BCUT2D eigenvalue weighted by molar-refractivity contribution is 6.05. The van der Waals surface area contributed by atoms with Gasteiger partial charge in [0.25, 0.3) is 0 Å². The van der Waals surface area contributed by atoms with Gasteiger partial charge in [-0.3, -0.25) is 4.79 Å². The van der Waals surface area contributed by atoms with Gasteiger partial charge in [0.2, 0.25) is 0 Å². The van der Waals surface area contributed by atoms with Crippen molar-refractivity contribution in [2.75, 3.05) is 0 Å². The summed E-state index contributed by atoms with van der Waals surface area (Å²) in [4.78, 5) is 18.3. The Kier molecular flexibility index (Phi) is 1.65. The standard InChI is InChI=1S/C10H10N2O/c1-6-3-8-9(7(2)13)5-12-10(8)11-4-6/h3-5H,1-2H3,(H,11,12). The fourth-order valence-corrected chi connectivity index (χ4v) is 1.40. The van der Waals surface area contributed by atoms with Crippen LogP contribution in [0.25, 0.3) is 11.0 Å². The molecule has 66 valence electrons. The first-order valence-electron chi connectivity index (χ1n) is 4.13. The second kappa shape index (κ2) is 2.69. The molecule has 0 aliphatic heterocycles. The quantitative estimate of drug-likeness (QED) is 0.673. The molecule has 13 heavy (non-hydrogen) atoms. The zero-order valence-electron chi connectivity index (χ0n) is 7.59. The number of nitrogens with zero attached hydrogens (tertiary/aromatic N) is 1. The summed E-state index contributed by atoms with van der Waals surface area (Å²) in [5.41, 5.74) is 2.55. The van der Waals surface area contributed by atoms with Crippen LogP contribution in [0.3, 0.4) is 0 Å². The number of fused-ring (bicyclic) bond motifs is 1. The van der Waals surface area contributed by atoms with Crippen molar-refractivity contribution in [1.29, 1.82) is 0 Å². The number of rotatable bonds is 1. The number of carbonyl (C=O) groups excluding carboxylic acids is 1. The summed E-state index contributed by atoms with van der Waals surface area (Å²) < 4.78 is 0. The van der Waals surface area contributed by atoms with Gasteiger partial charge in [0.1, 0.15) is 5.65 Å². The van der Waals surface area contributed by atoms with Crippen LogP contribution in [0.4, 0.5) is 0 Å². The van der Waals surface area contributed by atoms with E-state index in [0.717, 1.165) is 16.6 Å². The molecule has 2 aromatic heterocycles. The van der Waals surface area contributed by atoms with Gasteiger partial charge < -0.3 is 4.98 Å². The van der Waals surface area contributed by atoms with E-state index < -0.39 is 0 Å². The number of carbonyl (C=O) groups is 1. The van der Waals surface area contributed by atoms with Crippen molar-refractivity contribution in [3.63, 3.8) is 0 Å². The maximum absolute atomic E-state index is 11.2. The molecule has 0 atom stereocenters. The largest absolute Gasteiger partial charge is 0.345 e. The van der Waals surface area contributed by atoms with E-state index in [-0.39, 0.29) is 5.78 Å². The number of aryl methyl sites for hydroxylation is 1. The van der Waals surface area contributed by atoms with Gasteiger partial charge in [0.15, 0.2) is 5.78 Å². The molecule has 0 spiro atoms. The second-order valence-corrected chi connectivity index (χ2v) is 3.17. The average Bonchev–Trinajstić information content (AvgIpc) is 2.46.